The lowest BCUT2D eigenvalue weighted by Crippen LogP contribution is -2.49. The fourth-order valence-corrected chi connectivity index (χ4v) is 3.25. The van der Waals surface area contributed by atoms with Crippen LogP contribution in [0.1, 0.15) is 29.5 Å². The molecule has 28 heavy (non-hydrogen) atoms. The van der Waals surface area contributed by atoms with E-state index in [9.17, 15) is 19.8 Å². The Balaban J connectivity index is 2.73. The highest BCUT2D eigenvalue weighted by Crippen LogP contribution is 2.22. The SMILES string of the molecule is Cc1cc(O)cc(C)c1C[C@H](NC(=O)[C@@H](CCCNC(=N)NP)NP)C(=O)O. The molecule has 0 aliphatic carbocycles. The molecule has 1 aromatic rings. The number of hydrogen-bond donors (Lipinski definition) is 7. The normalized spacial score (nSPS) is 12.7. The number of amides is 1. The Bertz CT molecular complexity index is 694. The molecule has 0 aliphatic rings. The summed E-state index contributed by atoms with van der Waals surface area (Å²) in [5, 5.41) is 37.4. The van der Waals surface area contributed by atoms with Crippen molar-refractivity contribution in [3.8, 4) is 5.75 Å². The lowest BCUT2D eigenvalue weighted by atomic mass is 9.95. The summed E-state index contributed by atoms with van der Waals surface area (Å²) >= 11 is 0. The van der Waals surface area contributed by atoms with Gasteiger partial charge in [0, 0.05) is 13.0 Å². The van der Waals surface area contributed by atoms with E-state index in [4.69, 9.17) is 5.41 Å². The van der Waals surface area contributed by atoms with Crippen LogP contribution in [0.2, 0.25) is 0 Å². The number of carboxylic acids is 1. The highest BCUT2D eigenvalue weighted by atomic mass is 31.0. The molecule has 0 heterocycles. The van der Waals surface area contributed by atoms with E-state index in [2.05, 4.69) is 39.6 Å². The van der Waals surface area contributed by atoms with E-state index in [1.54, 1.807) is 26.0 Å². The second kappa shape index (κ2) is 11.8. The minimum Gasteiger partial charge on any atom is -0.508 e. The monoisotopic (exact) mass is 429 g/mol. The Kier molecular flexibility index (Phi) is 10.1. The number of carbonyl (C=O) groups is 2. The van der Waals surface area contributed by atoms with E-state index in [0.717, 1.165) is 16.7 Å². The number of aliphatic carboxylic acids is 1. The van der Waals surface area contributed by atoms with Crippen molar-refractivity contribution in [1.29, 1.82) is 5.41 Å². The van der Waals surface area contributed by atoms with Crippen LogP contribution in [0.15, 0.2) is 12.1 Å². The van der Waals surface area contributed by atoms with Crippen molar-refractivity contribution in [3.05, 3.63) is 28.8 Å². The van der Waals surface area contributed by atoms with E-state index in [1.807, 2.05) is 0 Å². The topological polar surface area (TPSA) is 147 Å². The van der Waals surface area contributed by atoms with Crippen LogP contribution in [0.5, 0.6) is 5.75 Å². The molecular weight excluding hydrogens is 400 g/mol. The molecule has 1 amide bonds. The smallest absolute Gasteiger partial charge is 0.326 e. The van der Waals surface area contributed by atoms with Crippen LogP contribution >= 0.6 is 18.8 Å². The molecule has 0 saturated heterocycles. The summed E-state index contributed by atoms with van der Waals surface area (Å²) in [7, 11) is 4.49. The first kappa shape index (κ1) is 24.1. The zero-order chi connectivity index (χ0) is 21.3. The van der Waals surface area contributed by atoms with Crippen molar-refractivity contribution in [2.75, 3.05) is 6.54 Å². The van der Waals surface area contributed by atoms with Gasteiger partial charge in [0.05, 0.1) is 6.04 Å². The van der Waals surface area contributed by atoms with Crippen molar-refractivity contribution >= 4 is 36.6 Å². The third-order valence-corrected chi connectivity index (χ3v) is 5.03. The first-order valence-electron chi connectivity index (χ1n) is 8.77. The van der Waals surface area contributed by atoms with Gasteiger partial charge in [-0.05, 0) is 64.9 Å². The van der Waals surface area contributed by atoms with Gasteiger partial charge in [0.15, 0.2) is 5.96 Å². The number of phenolic OH excluding ortho intramolecular Hbond substituents is 1. The van der Waals surface area contributed by atoms with Crippen LogP contribution in [-0.4, -0.2) is 46.7 Å². The van der Waals surface area contributed by atoms with Gasteiger partial charge in [-0.3, -0.25) is 15.3 Å². The van der Waals surface area contributed by atoms with Gasteiger partial charge in [-0.2, -0.15) is 0 Å². The molecule has 0 aliphatic heterocycles. The lowest BCUT2D eigenvalue weighted by Gasteiger charge is -2.21. The first-order valence-corrected chi connectivity index (χ1v) is 9.92. The average molecular weight is 429 g/mol. The van der Waals surface area contributed by atoms with Gasteiger partial charge in [-0.1, -0.05) is 9.39 Å². The molecule has 0 bridgehead atoms. The molecular formula is C17H29N5O4P2. The summed E-state index contributed by atoms with van der Waals surface area (Å²) in [5.41, 5.74) is 2.33. The van der Waals surface area contributed by atoms with Crippen molar-refractivity contribution in [2.45, 2.75) is 45.2 Å². The van der Waals surface area contributed by atoms with Crippen LogP contribution in [-0.2, 0) is 16.0 Å². The van der Waals surface area contributed by atoms with E-state index < -0.39 is 24.0 Å². The summed E-state index contributed by atoms with van der Waals surface area (Å²) in [6.45, 7) is 4.10. The third-order valence-electron chi connectivity index (χ3n) is 4.34. The summed E-state index contributed by atoms with van der Waals surface area (Å²) in [5.74, 6) is -1.24. The van der Waals surface area contributed by atoms with E-state index >= 15 is 0 Å². The molecule has 0 aromatic heterocycles. The molecule has 11 heteroatoms. The Morgan fingerprint density at radius 3 is 2.29 bits per heavy atom. The number of phenols is 1. The quantitative estimate of drug-likeness (QED) is 0.124. The van der Waals surface area contributed by atoms with E-state index in [0.29, 0.717) is 19.4 Å². The van der Waals surface area contributed by atoms with E-state index in [-0.39, 0.29) is 18.1 Å². The van der Waals surface area contributed by atoms with Crippen LogP contribution in [0, 0.1) is 19.3 Å². The highest BCUT2D eigenvalue weighted by molar-refractivity contribution is 7.15. The van der Waals surface area contributed by atoms with Crippen LogP contribution in [0.4, 0.5) is 0 Å². The first-order chi connectivity index (χ1) is 13.2. The maximum Gasteiger partial charge on any atom is 0.326 e. The third kappa shape index (κ3) is 7.58. The number of aromatic hydroxyl groups is 1. The molecule has 0 spiro atoms. The van der Waals surface area contributed by atoms with Gasteiger partial charge in [0.1, 0.15) is 11.8 Å². The van der Waals surface area contributed by atoms with Gasteiger partial charge < -0.3 is 25.9 Å². The van der Waals surface area contributed by atoms with Crippen molar-refractivity contribution in [1.82, 2.24) is 20.8 Å². The Hall–Kier alpha value is -1.95. The lowest BCUT2D eigenvalue weighted by molar-refractivity contribution is -0.142. The molecule has 1 rings (SSSR count). The van der Waals surface area contributed by atoms with Crippen molar-refractivity contribution in [2.24, 2.45) is 0 Å². The molecule has 2 unspecified atom stereocenters. The summed E-state index contributed by atoms with van der Waals surface area (Å²) in [6, 6.07) is 1.49. The Labute approximate surface area is 169 Å². The molecule has 0 fully saturated rings. The zero-order valence-electron chi connectivity index (χ0n) is 16.0. The van der Waals surface area contributed by atoms with Crippen LogP contribution < -0.4 is 20.8 Å². The van der Waals surface area contributed by atoms with Crippen LogP contribution in [0.3, 0.4) is 0 Å². The fraction of sp³-hybridized carbons (Fsp3) is 0.471. The van der Waals surface area contributed by atoms with Gasteiger partial charge in [-0.15, -0.1) is 0 Å². The number of nitrogens with one attached hydrogen (secondary N) is 5. The van der Waals surface area contributed by atoms with Gasteiger partial charge in [0.2, 0.25) is 5.91 Å². The van der Waals surface area contributed by atoms with Crippen molar-refractivity contribution in [3.63, 3.8) is 0 Å². The fourth-order valence-electron chi connectivity index (χ4n) is 2.83. The number of rotatable bonds is 10. The minimum absolute atomic E-state index is 0.125. The number of aryl methyl sites for hydroxylation is 2. The standard InChI is InChI=1S/C17H29N5O4P2/c1-9-6-11(23)7-10(2)12(9)8-14(16(25)26)20-15(24)13(21-27)4-3-5-19-17(18)22-28/h6-7,13-14,21,23H,3-5,8,27-28H2,1-2H3,(H,20,24)(H,25,26)(H3,18,19,22)/t13-,14+/m1/s1. The number of guanidine groups is 1. The maximum atomic E-state index is 12.5. The molecule has 156 valence electrons. The van der Waals surface area contributed by atoms with Gasteiger partial charge >= 0.3 is 5.97 Å². The Morgan fingerprint density at radius 1 is 1.18 bits per heavy atom. The largest absolute Gasteiger partial charge is 0.508 e. The predicted octanol–water partition coefficient (Wildman–Crippen LogP) is 0.554. The molecule has 4 atom stereocenters. The second-order valence-electron chi connectivity index (χ2n) is 6.47. The number of carboxylic acid groups (broad SMARTS) is 1. The van der Waals surface area contributed by atoms with Crippen LogP contribution in [0.25, 0.3) is 0 Å². The highest BCUT2D eigenvalue weighted by Gasteiger charge is 2.25. The summed E-state index contributed by atoms with van der Waals surface area (Å²) in [4.78, 5) is 24.2. The zero-order valence-corrected chi connectivity index (χ0v) is 18.3. The van der Waals surface area contributed by atoms with Gasteiger partial charge in [-0.25, -0.2) is 4.79 Å². The molecule has 1 aromatic carbocycles. The minimum atomic E-state index is -1.12. The predicted molar refractivity (Wildman–Crippen MR) is 115 cm³/mol. The Morgan fingerprint density at radius 2 is 1.79 bits per heavy atom. The number of carbonyl (C=O) groups excluding carboxylic acids is 1. The van der Waals surface area contributed by atoms with Crippen molar-refractivity contribution < 1.29 is 19.8 Å². The molecule has 9 nitrogen and oxygen atoms in total. The second-order valence-corrected chi connectivity index (χ2v) is 7.09. The van der Waals surface area contributed by atoms with Gasteiger partial charge in [0.25, 0.3) is 0 Å². The number of benzene rings is 1. The average Bonchev–Trinajstić information content (AvgIpc) is 2.62. The van der Waals surface area contributed by atoms with E-state index in [1.165, 1.54) is 0 Å². The number of hydrogen-bond acceptors (Lipinski definition) is 5. The molecule has 7 N–H and O–H groups in total. The molecule has 0 radical (unpaired) electrons. The maximum absolute atomic E-state index is 12.5. The summed E-state index contributed by atoms with van der Waals surface area (Å²) in [6.07, 6.45) is 1.21. The molecule has 0 saturated carbocycles. The summed E-state index contributed by atoms with van der Waals surface area (Å²) < 4.78 is 0.